The van der Waals surface area contributed by atoms with Gasteiger partial charge in [-0.15, -0.1) is 0 Å². The average Bonchev–Trinajstić information content (AvgIpc) is 2.45. The van der Waals surface area contributed by atoms with Gasteiger partial charge in [-0.25, -0.2) is 0 Å². The molecule has 114 valence electrons. The van der Waals surface area contributed by atoms with Crippen LogP contribution in [0, 0.1) is 15.5 Å². The lowest BCUT2D eigenvalue weighted by molar-refractivity contribution is -0.385. The molecule has 21 heavy (non-hydrogen) atoms. The fourth-order valence-electron chi connectivity index (χ4n) is 2.82. The number of carbonyl (C=O) groups is 1. The van der Waals surface area contributed by atoms with Gasteiger partial charge in [-0.2, -0.15) is 0 Å². The monoisotopic (exact) mass is 310 g/mol. The first kappa shape index (κ1) is 15.8. The van der Waals surface area contributed by atoms with E-state index in [0.29, 0.717) is 11.6 Å². The fourth-order valence-corrected chi connectivity index (χ4v) is 2.99. The van der Waals surface area contributed by atoms with Gasteiger partial charge >= 0.3 is 0 Å². The van der Waals surface area contributed by atoms with Gasteiger partial charge in [0.05, 0.1) is 4.92 Å². The number of amides is 1. The van der Waals surface area contributed by atoms with Gasteiger partial charge in [0.1, 0.15) is 5.56 Å². The van der Waals surface area contributed by atoms with Gasteiger partial charge in [-0.3, -0.25) is 14.9 Å². The van der Waals surface area contributed by atoms with Gasteiger partial charge in [0.15, 0.2) is 0 Å². The third-order valence-electron chi connectivity index (χ3n) is 4.14. The molecule has 0 unspecified atom stereocenters. The molecular weight excluding hydrogens is 292 g/mol. The molecule has 0 aliphatic heterocycles. The number of nitrogens with one attached hydrogen (secondary N) is 1. The summed E-state index contributed by atoms with van der Waals surface area (Å²) in [7, 11) is 0. The lowest BCUT2D eigenvalue weighted by Gasteiger charge is -2.33. The normalized spacial score (nSPS) is 17.2. The number of rotatable bonds is 4. The summed E-state index contributed by atoms with van der Waals surface area (Å²) >= 11 is 5.84. The van der Waals surface area contributed by atoms with E-state index < -0.39 is 10.8 Å². The molecule has 0 heterocycles. The second kappa shape index (κ2) is 6.43. The van der Waals surface area contributed by atoms with Crippen LogP contribution in [-0.4, -0.2) is 17.4 Å². The van der Waals surface area contributed by atoms with Crippen molar-refractivity contribution in [2.45, 2.75) is 39.0 Å². The smallest absolute Gasteiger partial charge is 0.282 e. The van der Waals surface area contributed by atoms with E-state index in [1.54, 1.807) is 0 Å². The largest absolute Gasteiger partial charge is 0.351 e. The SMILES string of the molecule is CC1(CNC(=O)c2cc(Cl)ccc2[N+](=O)[O-])CCCCC1. The van der Waals surface area contributed by atoms with Crippen molar-refractivity contribution in [1.82, 2.24) is 5.32 Å². The topological polar surface area (TPSA) is 72.2 Å². The Labute approximate surface area is 128 Å². The average molecular weight is 311 g/mol. The van der Waals surface area contributed by atoms with Crippen molar-refractivity contribution in [3.05, 3.63) is 38.9 Å². The molecule has 0 aromatic heterocycles. The van der Waals surface area contributed by atoms with Crippen LogP contribution in [0.5, 0.6) is 0 Å². The van der Waals surface area contributed by atoms with Crippen LogP contribution in [-0.2, 0) is 0 Å². The molecule has 1 saturated carbocycles. The van der Waals surface area contributed by atoms with Crippen LogP contribution in [0.1, 0.15) is 49.4 Å². The molecule has 1 amide bonds. The van der Waals surface area contributed by atoms with Crippen LogP contribution < -0.4 is 5.32 Å². The summed E-state index contributed by atoms with van der Waals surface area (Å²) in [6.07, 6.45) is 5.73. The molecule has 1 aliphatic rings. The Balaban J connectivity index is 2.09. The number of hydrogen-bond acceptors (Lipinski definition) is 3. The number of nitro groups is 1. The Morgan fingerprint density at radius 2 is 2.05 bits per heavy atom. The molecule has 1 aliphatic carbocycles. The van der Waals surface area contributed by atoms with Gasteiger partial charge < -0.3 is 5.32 Å². The Hall–Kier alpha value is -1.62. The summed E-state index contributed by atoms with van der Waals surface area (Å²) < 4.78 is 0. The Bertz CT molecular complexity index is 554. The summed E-state index contributed by atoms with van der Waals surface area (Å²) in [6.45, 7) is 2.69. The van der Waals surface area contributed by atoms with Gasteiger partial charge in [-0.1, -0.05) is 37.8 Å². The van der Waals surface area contributed by atoms with Crippen LogP contribution in [0.25, 0.3) is 0 Å². The maximum atomic E-state index is 12.2. The summed E-state index contributed by atoms with van der Waals surface area (Å²) in [5, 5.41) is 14.1. The van der Waals surface area contributed by atoms with Crippen molar-refractivity contribution >= 4 is 23.2 Å². The van der Waals surface area contributed by atoms with Gasteiger partial charge in [0.25, 0.3) is 11.6 Å². The molecule has 1 N–H and O–H groups in total. The molecule has 2 rings (SSSR count). The number of hydrogen-bond donors (Lipinski definition) is 1. The standard InChI is InChI=1S/C15H19ClN2O3/c1-15(7-3-2-4-8-15)10-17-14(19)12-9-11(16)5-6-13(12)18(20)21/h5-6,9H,2-4,7-8,10H2,1H3,(H,17,19). The van der Waals surface area contributed by atoms with Crippen LogP contribution in [0.15, 0.2) is 18.2 Å². The number of nitro benzene ring substituents is 1. The van der Waals surface area contributed by atoms with Crippen LogP contribution in [0.3, 0.4) is 0 Å². The van der Waals surface area contributed by atoms with Crippen molar-refractivity contribution < 1.29 is 9.72 Å². The highest BCUT2D eigenvalue weighted by Crippen LogP contribution is 2.35. The predicted octanol–water partition coefficient (Wildman–Crippen LogP) is 3.95. The minimum Gasteiger partial charge on any atom is -0.351 e. The van der Waals surface area contributed by atoms with E-state index in [2.05, 4.69) is 12.2 Å². The zero-order valence-electron chi connectivity index (χ0n) is 12.0. The highest BCUT2D eigenvalue weighted by molar-refractivity contribution is 6.31. The van der Waals surface area contributed by atoms with Crippen LogP contribution in [0.4, 0.5) is 5.69 Å². The number of halogens is 1. The summed E-state index contributed by atoms with van der Waals surface area (Å²) in [6, 6.07) is 4.02. The fraction of sp³-hybridized carbons (Fsp3) is 0.533. The molecule has 0 atom stereocenters. The van der Waals surface area contributed by atoms with E-state index >= 15 is 0 Å². The summed E-state index contributed by atoms with van der Waals surface area (Å²) in [5.41, 5.74) is -0.112. The van der Waals surface area contributed by atoms with Crippen LogP contribution in [0.2, 0.25) is 5.02 Å². The van der Waals surface area contributed by atoms with Crippen molar-refractivity contribution in [1.29, 1.82) is 0 Å². The van der Waals surface area contributed by atoms with Gasteiger partial charge in [-0.05, 0) is 30.4 Å². The van der Waals surface area contributed by atoms with Crippen molar-refractivity contribution in [2.24, 2.45) is 5.41 Å². The van der Waals surface area contributed by atoms with Crippen molar-refractivity contribution in [2.75, 3.05) is 6.54 Å². The Morgan fingerprint density at radius 3 is 2.67 bits per heavy atom. The number of nitrogens with zero attached hydrogens (tertiary/aromatic N) is 1. The van der Waals surface area contributed by atoms with Crippen molar-refractivity contribution in [3.8, 4) is 0 Å². The lowest BCUT2D eigenvalue weighted by atomic mass is 9.76. The molecule has 0 radical (unpaired) electrons. The molecule has 0 saturated heterocycles. The second-order valence-electron chi connectivity index (χ2n) is 5.97. The predicted molar refractivity (Wildman–Crippen MR) is 81.6 cm³/mol. The minimum atomic E-state index is -0.562. The first-order valence-corrected chi connectivity index (χ1v) is 7.51. The minimum absolute atomic E-state index is 0.0203. The summed E-state index contributed by atoms with van der Waals surface area (Å²) in [4.78, 5) is 22.7. The van der Waals surface area contributed by atoms with E-state index in [1.807, 2.05) is 0 Å². The highest BCUT2D eigenvalue weighted by atomic mass is 35.5. The molecule has 1 fully saturated rings. The second-order valence-corrected chi connectivity index (χ2v) is 6.41. The maximum Gasteiger partial charge on any atom is 0.282 e. The molecule has 0 bridgehead atoms. The highest BCUT2D eigenvalue weighted by Gasteiger charge is 2.28. The van der Waals surface area contributed by atoms with E-state index in [4.69, 9.17) is 11.6 Å². The molecule has 1 aromatic carbocycles. The molecule has 1 aromatic rings. The zero-order valence-corrected chi connectivity index (χ0v) is 12.8. The third-order valence-corrected chi connectivity index (χ3v) is 4.37. The van der Waals surface area contributed by atoms with E-state index in [9.17, 15) is 14.9 Å². The zero-order chi connectivity index (χ0) is 15.5. The summed E-state index contributed by atoms with van der Waals surface area (Å²) in [5.74, 6) is -0.434. The molecular formula is C15H19ClN2O3. The number of benzene rings is 1. The van der Waals surface area contributed by atoms with Crippen LogP contribution >= 0.6 is 11.6 Å². The Kier molecular flexibility index (Phi) is 4.83. The molecule has 6 heteroatoms. The molecule has 0 spiro atoms. The van der Waals surface area contributed by atoms with Crippen molar-refractivity contribution in [3.63, 3.8) is 0 Å². The molecule has 5 nitrogen and oxygen atoms in total. The van der Waals surface area contributed by atoms with E-state index in [-0.39, 0.29) is 16.7 Å². The van der Waals surface area contributed by atoms with E-state index in [1.165, 1.54) is 37.5 Å². The lowest BCUT2D eigenvalue weighted by Crippen LogP contribution is -2.37. The number of carbonyl (C=O) groups excluding carboxylic acids is 1. The van der Waals surface area contributed by atoms with Gasteiger partial charge in [0.2, 0.25) is 0 Å². The third kappa shape index (κ3) is 3.94. The maximum absolute atomic E-state index is 12.2. The quantitative estimate of drug-likeness (QED) is 0.676. The first-order valence-electron chi connectivity index (χ1n) is 7.13. The Morgan fingerprint density at radius 1 is 1.38 bits per heavy atom. The van der Waals surface area contributed by atoms with E-state index in [0.717, 1.165) is 12.8 Å². The van der Waals surface area contributed by atoms with Gasteiger partial charge in [0, 0.05) is 17.6 Å². The first-order chi connectivity index (χ1) is 9.91.